The first-order valence-electron chi connectivity index (χ1n) is 6.42. The van der Waals surface area contributed by atoms with Crippen LogP contribution in [-0.4, -0.2) is 16.2 Å². The molecule has 1 atom stereocenters. The van der Waals surface area contributed by atoms with Crippen molar-refractivity contribution < 1.29 is 15.0 Å². The molecule has 0 aliphatic heterocycles. The van der Waals surface area contributed by atoms with Gasteiger partial charge in [-0.3, -0.25) is 0 Å². The summed E-state index contributed by atoms with van der Waals surface area (Å²) < 4.78 is 0. The van der Waals surface area contributed by atoms with Crippen LogP contribution in [-0.2, 0) is 16.8 Å². The van der Waals surface area contributed by atoms with Crippen molar-refractivity contribution >= 4 is 12.0 Å². The molecule has 1 aliphatic carbocycles. The number of hydrogen-bond donors (Lipinski definition) is 2. The summed E-state index contributed by atoms with van der Waals surface area (Å²) >= 11 is 0. The molecule has 20 heavy (non-hydrogen) atoms. The zero-order valence-electron chi connectivity index (χ0n) is 10.8. The number of aliphatic hydroxyl groups is 1. The number of carboxylic acids is 1. The van der Waals surface area contributed by atoms with E-state index in [1.54, 1.807) is 30.3 Å². The van der Waals surface area contributed by atoms with Crippen LogP contribution in [0.25, 0.3) is 6.08 Å². The van der Waals surface area contributed by atoms with E-state index < -0.39 is 11.6 Å². The number of rotatable bonds is 2. The lowest BCUT2D eigenvalue weighted by Crippen LogP contribution is -2.36. The molecule has 0 radical (unpaired) electrons. The van der Waals surface area contributed by atoms with E-state index >= 15 is 0 Å². The predicted molar refractivity (Wildman–Crippen MR) is 76.1 cm³/mol. The molecule has 0 amide bonds. The Bertz CT molecular complexity index is 688. The molecule has 0 aromatic heterocycles. The molecular weight excluding hydrogens is 252 g/mol. The van der Waals surface area contributed by atoms with Crippen molar-refractivity contribution in [2.24, 2.45) is 0 Å². The van der Waals surface area contributed by atoms with Crippen LogP contribution >= 0.6 is 0 Å². The molecule has 1 unspecified atom stereocenters. The van der Waals surface area contributed by atoms with E-state index in [1.807, 2.05) is 30.3 Å². The Balaban J connectivity index is 2.20. The molecule has 0 bridgehead atoms. The second-order valence-electron chi connectivity index (χ2n) is 4.97. The molecule has 0 saturated heterocycles. The number of hydrogen-bond acceptors (Lipinski definition) is 2. The molecule has 0 fully saturated rings. The Kier molecular flexibility index (Phi) is 2.92. The smallest absolute Gasteiger partial charge is 0.334 e. The second-order valence-corrected chi connectivity index (χ2v) is 4.97. The summed E-state index contributed by atoms with van der Waals surface area (Å²) in [5.74, 6) is -1.09. The molecule has 2 aromatic rings. The predicted octanol–water partition coefficient (Wildman–Crippen LogP) is 2.60. The fraction of sp³-hybridized carbons (Fsp3) is 0.118. The van der Waals surface area contributed by atoms with Gasteiger partial charge in [0.2, 0.25) is 0 Å². The van der Waals surface area contributed by atoms with Crippen molar-refractivity contribution in [3.63, 3.8) is 0 Å². The average Bonchev–Trinajstić information content (AvgIpc) is 2.47. The van der Waals surface area contributed by atoms with Gasteiger partial charge >= 0.3 is 5.97 Å². The summed E-state index contributed by atoms with van der Waals surface area (Å²) in [5.41, 5.74) is 0.932. The fourth-order valence-electron chi connectivity index (χ4n) is 2.69. The minimum Gasteiger partial charge on any atom is -0.478 e. The molecule has 0 heterocycles. The lowest BCUT2D eigenvalue weighted by molar-refractivity contribution is -0.135. The van der Waals surface area contributed by atoms with Crippen LogP contribution in [0.1, 0.15) is 16.7 Å². The summed E-state index contributed by atoms with van der Waals surface area (Å²) in [6, 6.07) is 16.5. The van der Waals surface area contributed by atoms with Crippen LogP contribution in [0, 0.1) is 0 Å². The third-order valence-corrected chi connectivity index (χ3v) is 3.73. The normalized spacial score (nSPS) is 20.9. The van der Waals surface area contributed by atoms with E-state index in [0.29, 0.717) is 5.56 Å². The summed E-state index contributed by atoms with van der Waals surface area (Å²) in [6.07, 6.45) is 1.83. The fourth-order valence-corrected chi connectivity index (χ4v) is 2.69. The van der Waals surface area contributed by atoms with Crippen molar-refractivity contribution in [1.29, 1.82) is 0 Å². The number of carbonyl (C=O) groups is 1. The van der Waals surface area contributed by atoms with Gasteiger partial charge in [0.15, 0.2) is 0 Å². The van der Waals surface area contributed by atoms with E-state index in [2.05, 4.69) is 0 Å². The highest BCUT2D eigenvalue weighted by atomic mass is 16.4. The molecule has 3 nitrogen and oxygen atoms in total. The van der Waals surface area contributed by atoms with Gasteiger partial charge in [-0.15, -0.1) is 0 Å². The van der Waals surface area contributed by atoms with E-state index in [-0.39, 0.29) is 12.0 Å². The Morgan fingerprint density at radius 2 is 1.65 bits per heavy atom. The zero-order chi connectivity index (χ0) is 14.2. The summed E-state index contributed by atoms with van der Waals surface area (Å²) in [5, 5.41) is 20.4. The minimum atomic E-state index is -1.48. The Morgan fingerprint density at radius 3 is 2.35 bits per heavy atom. The van der Waals surface area contributed by atoms with Crippen molar-refractivity contribution in [3.05, 3.63) is 76.9 Å². The molecule has 3 heteroatoms. The van der Waals surface area contributed by atoms with Crippen molar-refractivity contribution in [1.82, 2.24) is 0 Å². The van der Waals surface area contributed by atoms with Crippen LogP contribution in [0.4, 0.5) is 0 Å². The molecular formula is C17H14O3. The highest BCUT2D eigenvalue weighted by molar-refractivity contribution is 5.96. The quantitative estimate of drug-likeness (QED) is 0.878. The summed E-state index contributed by atoms with van der Waals surface area (Å²) in [7, 11) is 0. The number of carboxylic acid groups (broad SMARTS) is 1. The van der Waals surface area contributed by atoms with Crippen molar-refractivity contribution in [2.45, 2.75) is 12.0 Å². The Morgan fingerprint density at radius 1 is 1.00 bits per heavy atom. The topological polar surface area (TPSA) is 57.5 Å². The first kappa shape index (κ1) is 12.6. The standard InChI is InChI=1S/C17H14O3/c18-16(19)15-10-12-6-4-5-7-13(12)11-17(15,20)14-8-2-1-3-9-14/h1-10,20H,11H2,(H,18,19). The number of benzene rings is 2. The van der Waals surface area contributed by atoms with Gasteiger partial charge in [-0.2, -0.15) is 0 Å². The maximum atomic E-state index is 11.5. The monoisotopic (exact) mass is 266 g/mol. The van der Waals surface area contributed by atoms with E-state index in [0.717, 1.165) is 11.1 Å². The number of fused-ring (bicyclic) bond motifs is 1. The highest BCUT2D eigenvalue weighted by Gasteiger charge is 2.40. The van der Waals surface area contributed by atoms with Gasteiger partial charge < -0.3 is 10.2 Å². The lowest BCUT2D eigenvalue weighted by Gasteiger charge is -2.33. The van der Waals surface area contributed by atoms with Crippen LogP contribution < -0.4 is 0 Å². The number of aliphatic carboxylic acids is 1. The largest absolute Gasteiger partial charge is 0.478 e. The SMILES string of the molecule is O=C(O)C1=Cc2ccccc2CC1(O)c1ccccc1. The first-order valence-corrected chi connectivity index (χ1v) is 6.42. The van der Waals surface area contributed by atoms with Gasteiger partial charge in [0.25, 0.3) is 0 Å². The van der Waals surface area contributed by atoms with Crippen LogP contribution in [0.5, 0.6) is 0 Å². The van der Waals surface area contributed by atoms with Gasteiger partial charge in [0, 0.05) is 6.42 Å². The molecule has 0 saturated carbocycles. The maximum Gasteiger partial charge on any atom is 0.334 e. The highest BCUT2D eigenvalue weighted by Crippen LogP contribution is 2.39. The molecule has 3 rings (SSSR count). The molecule has 100 valence electrons. The Labute approximate surface area is 116 Å². The molecule has 2 aromatic carbocycles. The molecule has 0 spiro atoms. The van der Waals surface area contributed by atoms with Crippen molar-refractivity contribution in [3.8, 4) is 0 Å². The second kappa shape index (κ2) is 4.62. The van der Waals surface area contributed by atoms with Crippen molar-refractivity contribution in [2.75, 3.05) is 0 Å². The van der Waals surface area contributed by atoms with E-state index in [9.17, 15) is 15.0 Å². The molecule has 1 aliphatic rings. The summed E-state index contributed by atoms with van der Waals surface area (Å²) in [4.78, 5) is 11.5. The third kappa shape index (κ3) is 1.92. The van der Waals surface area contributed by atoms with Crippen LogP contribution in [0.3, 0.4) is 0 Å². The van der Waals surface area contributed by atoms with Crippen LogP contribution in [0.15, 0.2) is 60.2 Å². The van der Waals surface area contributed by atoms with E-state index in [1.165, 1.54) is 0 Å². The lowest BCUT2D eigenvalue weighted by atomic mass is 9.75. The van der Waals surface area contributed by atoms with Gasteiger partial charge in [-0.25, -0.2) is 4.79 Å². The summed E-state index contributed by atoms with van der Waals surface area (Å²) in [6.45, 7) is 0. The van der Waals surface area contributed by atoms with Crippen LogP contribution in [0.2, 0.25) is 0 Å². The van der Waals surface area contributed by atoms with Gasteiger partial charge in [0.05, 0.1) is 5.57 Å². The minimum absolute atomic E-state index is 0.0161. The maximum absolute atomic E-state index is 11.5. The third-order valence-electron chi connectivity index (χ3n) is 3.73. The van der Waals surface area contributed by atoms with Gasteiger partial charge in [-0.1, -0.05) is 54.6 Å². The van der Waals surface area contributed by atoms with Gasteiger partial charge in [0.1, 0.15) is 5.60 Å². The first-order chi connectivity index (χ1) is 9.61. The zero-order valence-corrected chi connectivity index (χ0v) is 10.8. The Hall–Kier alpha value is -2.39. The van der Waals surface area contributed by atoms with Gasteiger partial charge in [-0.05, 0) is 22.8 Å². The van der Waals surface area contributed by atoms with E-state index in [4.69, 9.17) is 0 Å². The molecule has 2 N–H and O–H groups in total. The average molecular weight is 266 g/mol.